The fourth-order valence-corrected chi connectivity index (χ4v) is 7.03. The second kappa shape index (κ2) is 10.8. The van der Waals surface area contributed by atoms with Crippen LogP contribution in [0.4, 0.5) is 17.1 Å². The van der Waals surface area contributed by atoms with Crippen molar-refractivity contribution in [3.63, 3.8) is 0 Å². The Morgan fingerprint density at radius 1 is 0.348 bits per heavy atom. The van der Waals surface area contributed by atoms with Crippen LogP contribution in [0.15, 0.2) is 182 Å². The highest BCUT2D eigenvalue weighted by molar-refractivity contribution is 6.14. The third-order valence-corrected chi connectivity index (χ3v) is 9.15. The van der Waals surface area contributed by atoms with Gasteiger partial charge in [-0.05, 0) is 87.9 Å². The second-order valence-corrected chi connectivity index (χ2v) is 11.8. The summed E-state index contributed by atoms with van der Waals surface area (Å²) in [5.74, 6) is 0. The molecule has 0 N–H and O–H groups in total. The zero-order valence-electron chi connectivity index (χ0n) is 25.2. The quantitative estimate of drug-likeness (QED) is 0.182. The lowest BCUT2D eigenvalue weighted by Gasteiger charge is -2.27. The van der Waals surface area contributed by atoms with E-state index in [2.05, 4.69) is 191 Å². The van der Waals surface area contributed by atoms with Crippen LogP contribution in [0, 0.1) is 0 Å². The van der Waals surface area contributed by atoms with E-state index >= 15 is 0 Å². The molecule has 0 saturated heterocycles. The summed E-state index contributed by atoms with van der Waals surface area (Å²) in [7, 11) is 0. The molecule has 0 spiro atoms. The normalized spacial score (nSPS) is 11.5. The summed E-state index contributed by atoms with van der Waals surface area (Å²) in [6.07, 6.45) is 0. The molecule has 0 aliphatic carbocycles. The first-order valence-corrected chi connectivity index (χ1v) is 15.8. The highest BCUT2D eigenvalue weighted by Crippen LogP contribution is 2.42. The summed E-state index contributed by atoms with van der Waals surface area (Å²) in [5.41, 5.74) is 9.43. The average Bonchev–Trinajstić information content (AvgIpc) is 3.47. The number of aromatic nitrogens is 1. The lowest BCUT2D eigenvalue weighted by atomic mass is 9.98. The molecule has 0 amide bonds. The zero-order valence-corrected chi connectivity index (χ0v) is 25.2. The van der Waals surface area contributed by atoms with E-state index < -0.39 is 0 Å². The van der Waals surface area contributed by atoms with Crippen molar-refractivity contribution in [3.05, 3.63) is 182 Å². The molecule has 0 radical (unpaired) electrons. The number of hydrogen-bond acceptors (Lipinski definition) is 1. The van der Waals surface area contributed by atoms with E-state index in [9.17, 15) is 0 Å². The van der Waals surface area contributed by atoms with Gasteiger partial charge in [0, 0.05) is 33.2 Å². The first-order valence-electron chi connectivity index (χ1n) is 15.8. The molecule has 0 saturated carbocycles. The summed E-state index contributed by atoms with van der Waals surface area (Å²) in [6, 6.07) is 65.6. The Morgan fingerprint density at radius 3 is 1.70 bits per heavy atom. The minimum absolute atomic E-state index is 1.12. The van der Waals surface area contributed by atoms with Crippen molar-refractivity contribution in [2.75, 3.05) is 4.90 Å². The number of nitrogens with zero attached hydrogens (tertiary/aromatic N) is 2. The van der Waals surface area contributed by atoms with Gasteiger partial charge in [0.2, 0.25) is 0 Å². The van der Waals surface area contributed by atoms with Crippen LogP contribution in [0.5, 0.6) is 0 Å². The highest BCUT2D eigenvalue weighted by Gasteiger charge is 2.18. The predicted octanol–water partition coefficient (Wildman–Crippen LogP) is 12.2. The summed E-state index contributed by atoms with van der Waals surface area (Å²) in [4.78, 5) is 2.38. The van der Waals surface area contributed by atoms with Gasteiger partial charge < -0.3 is 9.47 Å². The molecule has 0 aliphatic rings. The zero-order chi connectivity index (χ0) is 30.5. The lowest BCUT2D eigenvalue weighted by Crippen LogP contribution is -2.10. The molecular formula is C44H30N2. The van der Waals surface area contributed by atoms with Gasteiger partial charge >= 0.3 is 0 Å². The molecule has 9 rings (SSSR count). The largest absolute Gasteiger partial charge is 0.310 e. The van der Waals surface area contributed by atoms with Crippen LogP contribution in [0.2, 0.25) is 0 Å². The fourth-order valence-electron chi connectivity index (χ4n) is 7.03. The number of benzene rings is 8. The standard InChI is InChI=1S/C44H30N2/c1-3-14-34(15-4-1)45(44-30-33-13-7-8-18-37(33)38-19-9-10-20-39(38)44)36-26-23-31(24-27-36)32-25-28-43-41(29-32)40-21-11-12-22-42(40)46(43)35-16-5-2-6-17-35/h1-30H. The Morgan fingerprint density at radius 2 is 0.913 bits per heavy atom. The molecule has 8 aromatic carbocycles. The van der Waals surface area contributed by atoms with Crippen LogP contribution in [0.1, 0.15) is 0 Å². The fraction of sp³-hybridized carbons (Fsp3) is 0. The number of anilines is 3. The molecule has 0 unspecified atom stereocenters. The Kier molecular flexibility index (Phi) is 6.17. The van der Waals surface area contributed by atoms with Gasteiger partial charge in [0.15, 0.2) is 0 Å². The molecule has 0 bridgehead atoms. The van der Waals surface area contributed by atoms with Crippen molar-refractivity contribution in [3.8, 4) is 16.8 Å². The van der Waals surface area contributed by atoms with Gasteiger partial charge in [-0.2, -0.15) is 0 Å². The minimum atomic E-state index is 1.12. The maximum absolute atomic E-state index is 2.38. The lowest BCUT2D eigenvalue weighted by molar-refractivity contribution is 1.18. The van der Waals surface area contributed by atoms with Crippen molar-refractivity contribution in [2.24, 2.45) is 0 Å². The minimum Gasteiger partial charge on any atom is -0.310 e. The molecule has 1 heterocycles. The summed E-state index contributed by atoms with van der Waals surface area (Å²) in [5, 5.41) is 7.52. The Bertz CT molecular complexity index is 2510. The van der Waals surface area contributed by atoms with Crippen LogP contribution in [0.25, 0.3) is 60.2 Å². The van der Waals surface area contributed by atoms with Gasteiger partial charge in [-0.25, -0.2) is 0 Å². The summed E-state index contributed by atoms with van der Waals surface area (Å²) >= 11 is 0. The molecule has 9 aromatic rings. The van der Waals surface area contributed by atoms with Crippen LogP contribution < -0.4 is 4.90 Å². The van der Waals surface area contributed by atoms with E-state index in [-0.39, 0.29) is 0 Å². The van der Waals surface area contributed by atoms with E-state index in [1.54, 1.807) is 0 Å². The maximum Gasteiger partial charge on any atom is 0.0546 e. The van der Waals surface area contributed by atoms with Crippen LogP contribution >= 0.6 is 0 Å². The van der Waals surface area contributed by atoms with Gasteiger partial charge in [0.05, 0.1) is 16.7 Å². The number of fused-ring (bicyclic) bond motifs is 6. The molecule has 0 atom stereocenters. The van der Waals surface area contributed by atoms with Gasteiger partial charge in [-0.3, -0.25) is 0 Å². The van der Waals surface area contributed by atoms with E-state index in [0.717, 1.165) is 11.4 Å². The van der Waals surface area contributed by atoms with Crippen molar-refractivity contribution < 1.29 is 0 Å². The topological polar surface area (TPSA) is 8.17 Å². The molecule has 0 aliphatic heterocycles. The molecule has 2 heteroatoms. The van der Waals surface area contributed by atoms with Crippen LogP contribution in [-0.4, -0.2) is 4.57 Å². The molecule has 0 fully saturated rings. The van der Waals surface area contributed by atoms with Gasteiger partial charge in [0.1, 0.15) is 0 Å². The SMILES string of the molecule is c1ccc(N(c2ccc(-c3ccc4c(c3)c3ccccc3n4-c3ccccc3)cc2)c2cc3ccccc3c3ccccc23)cc1. The summed E-state index contributed by atoms with van der Waals surface area (Å²) < 4.78 is 2.36. The molecular weight excluding hydrogens is 556 g/mol. The van der Waals surface area contributed by atoms with E-state index in [1.807, 2.05) is 0 Å². The molecule has 46 heavy (non-hydrogen) atoms. The maximum atomic E-state index is 2.38. The number of rotatable bonds is 5. The highest BCUT2D eigenvalue weighted by atomic mass is 15.1. The van der Waals surface area contributed by atoms with Crippen molar-refractivity contribution in [1.82, 2.24) is 4.57 Å². The monoisotopic (exact) mass is 586 g/mol. The molecule has 216 valence electrons. The van der Waals surface area contributed by atoms with Gasteiger partial charge in [0.25, 0.3) is 0 Å². The van der Waals surface area contributed by atoms with Crippen molar-refractivity contribution in [1.29, 1.82) is 0 Å². The van der Waals surface area contributed by atoms with E-state index in [1.165, 1.54) is 65.9 Å². The predicted molar refractivity (Wildman–Crippen MR) is 196 cm³/mol. The second-order valence-electron chi connectivity index (χ2n) is 11.8. The number of hydrogen-bond donors (Lipinski definition) is 0. The first-order chi connectivity index (χ1) is 22.8. The Hall–Kier alpha value is -6.12. The van der Waals surface area contributed by atoms with Crippen molar-refractivity contribution >= 4 is 60.4 Å². The Balaban J connectivity index is 1.18. The first kappa shape index (κ1) is 26.3. The van der Waals surface area contributed by atoms with E-state index in [4.69, 9.17) is 0 Å². The molecule has 1 aromatic heterocycles. The van der Waals surface area contributed by atoms with Crippen molar-refractivity contribution in [2.45, 2.75) is 0 Å². The van der Waals surface area contributed by atoms with Gasteiger partial charge in [-0.1, -0.05) is 121 Å². The Labute approximate surface area is 268 Å². The summed E-state index contributed by atoms with van der Waals surface area (Å²) in [6.45, 7) is 0. The molecule has 2 nitrogen and oxygen atoms in total. The average molecular weight is 587 g/mol. The third kappa shape index (κ3) is 4.27. The van der Waals surface area contributed by atoms with Crippen LogP contribution in [-0.2, 0) is 0 Å². The smallest absolute Gasteiger partial charge is 0.0546 e. The number of para-hydroxylation sites is 3. The van der Waals surface area contributed by atoms with Gasteiger partial charge in [-0.15, -0.1) is 0 Å². The van der Waals surface area contributed by atoms with E-state index in [0.29, 0.717) is 0 Å². The van der Waals surface area contributed by atoms with Crippen LogP contribution in [0.3, 0.4) is 0 Å². The third-order valence-electron chi connectivity index (χ3n) is 9.15.